The number of nitrogens with zero attached hydrogens (tertiary/aromatic N) is 2. The largest absolute Gasteiger partial charge is 0.338 e. The lowest BCUT2D eigenvalue weighted by atomic mass is 10.0. The van der Waals surface area contributed by atoms with Crippen LogP contribution < -0.4 is 0 Å². The standard InChI is InChI=1S/C21H24F2N2O2S2/c1-2-11-25(20(27)18-17(10-14-28-18)29-21(22)23)16-8-12-24(13-9-16)19(26)15-6-4-3-5-7-15/h3-7,10,14,16,21H,2,8-9,11-13H2,1H3. The van der Waals surface area contributed by atoms with Gasteiger partial charge in [-0.2, -0.15) is 8.78 Å². The van der Waals surface area contributed by atoms with E-state index in [0.717, 1.165) is 6.42 Å². The lowest BCUT2D eigenvalue weighted by Gasteiger charge is -2.38. The minimum atomic E-state index is -2.55. The SMILES string of the molecule is CCCN(C(=O)c1sccc1SC(F)F)C1CCN(C(=O)c2ccccc2)CC1. The van der Waals surface area contributed by atoms with E-state index < -0.39 is 5.76 Å². The molecule has 29 heavy (non-hydrogen) atoms. The zero-order valence-corrected chi connectivity index (χ0v) is 17.9. The third kappa shape index (κ3) is 5.36. The average Bonchev–Trinajstić information content (AvgIpc) is 3.19. The Bertz CT molecular complexity index is 821. The predicted molar refractivity (Wildman–Crippen MR) is 113 cm³/mol. The van der Waals surface area contributed by atoms with Crippen molar-refractivity contribution >= 4 is 34.9 Å². The molecule has 4 nitrogen and oxygen atoms in total. The minimum Gasteiger partial charge on any atom is -0.338 e. The van der Waals surface area contributed by atoms with Crippen LogP contribution in [-0.4, -0.2) is 53.0 Å². The third-order valence-corrected chi connectivity index (χ3v) is 6.78. The van der Waals surface area contributed by atoms with Crippen LogP contribution in [-0.2, 0) is 0 Å². The van der Waals surface area contributed by atoms with Gasteiger partial charge in [-0.25, -0.2) is 0 Å². The number of carbonyl (C=O) groups excluding carboxylic acids is 2. The molecule has 0 saturated carbocycles. The molecule has 2 heterocycles. The fourth-order valence-electron chi connectivity index (χ4n) is 3.61. The van der Waals surface area contributed by atoms with Crippen LogP contribution >= 0.6 is 23.1 Å². The molecule has 3 rings (SSSR count). The van der Waals surface area contributed by atoms with Gasteiger partial charge in [0.1, 0.15) is 4.88 Å². The molecular weight excluding hydrogens is 414 g/mol. The molecule has 0 radical (unpaired) electrons. The van der Waals surface area contributed by atoms with Crippen molar-refractivity contribution in [1.82, 2.24) is 9.80 Å². The van der Waals surface area contributed by atoms with Crippen molar-refractivity contribution in [1.29, 1.82) is 0 Å². The molecule has 0 atom stereocenters. The number of halogens is 2. The number of piperidine rings is 1. The number of rotatable bonds is 7. The van der Waals surface area contributed by atoms with Crippen molar-refractivity contribution < 1.29 is 18.4 Å². The number of benzene rings is 1. The molecule has 1 fully saturated rings. The molecule has 8 heteroatoms. The molecule has 0 unspecified atom stereocenters. The predicted octanol–water partition coefficient (Wildman–Crippen LogP) is 5.22. The monoisotopic (exact) mass is 438 g/mol. The summed E-state index contributed by atoms with van der Waals surface area (Å²) in [4.78, 5) is 30.1. The Kier molecular flexibility index (Phi) is 7.66. The minimum absolute atomic E-state index is 0.00583. The Balaban J connectivity index is 1.67. The van der Waals surface area contributed by atoms with E-state index in [1.807, 2.05) is 34.9 Å². The zero-order chi connectivity index (χ0) is 20.8. The maximum absolute atomic E-state index is 13.1. The number of thioether (sulfide) groups is 1. The van der Waals surface area contributed by atoms with E-state index in [9.17, 15) is 18.4 Å². The Labute approximate surface area is 177 Å². The van der Waals surface area contributed by atoms with Crippen molar-refractivity contribution in [2.75, 3.05) is 19.6 Å². The van der Waals surface area contributed by atoms with Crippen LogP contribution in [0.4, 0.5) is 8.78 Å². The summed E-state index contributed by atoms with van der Waals surface area (Å²) in [6.07, 6.45) is 2.16. The maximum atomic E-state index is 13.1. The zero-order valence-electron chi connectivity index (χ0n) is 16.2. The second-order valence-electron chi connectivity index (χ2n) is 6.88. The van der Waals surface area contributed by atoms with Crippen LogP contribution in [0.15, 0.2) is 46.7 Å². The number of hydrogen-bond donors (Lipinski definition) is 0. The molecule has 0 N–H and O–H groups in total. The number of amides is 2. The summed E-state index contributed by atoms with van der Waals surface area (Å²) in [5.41, 5.74) is 0.666. The molecule has 156 valence electrons. The normalized spacial score (nSPS) is 15.0. The Morgan fingerprint density at radius 1 is 1.21 bits per heavy atom. The van der Waals surface area contributed by atoms with Gasteiger partial charge in [-0.3, -0.25) is 9.59 Å². The van der Waals surface area contributed by atoms with E-state index >= 15 is 0 Å². The summed E-state index contributed by atoms with van der Waals surface area (Å²) < 4.78 is 25.6. The van der Waals surface area contributed by atoms with E-state index in [0.29, 0.717) is 59.6 Å². The van der Waals surface area contributed by atoms with Crippen molar-refractivity contribution in [3.63, 3.8) is 0 Å². The Hall–Kier alpha value is -1.93. The molecule has 0 aliphatic carbocycles. The first-order valence-corrected chi connectivity index (χ1v) is 11.4. The Morgan fingerprint density at radius 2 is 1.90 bits per heavy atom. The molecule has 0 bridgehead atoms. The quantitative estimate of drug-likeness (QED) is 0.557. The molecule has 1 aliphatic rings. The van der Waals surface area contributed by atoms with E-state index in [-0.39, 0.29) is 17.9 Å². The van der Waals surface area contributed by atoms with Crippen LogP contribution in [0.25, 0.3) is 0 Å². The highest BCUT2D eigenvalue weighted by Crippen LogP contribution is 2.33. The summed E-state index contributed by atoms with van der Waals surface area (Å²) >= 11 is 1.63. The van der Waals surface area contributed by atoms with Gasteiger partial charge in [-0.1, -0.05) is 36.9 Å². The van der Waals surface area contributed by atoms with Crippen molar-refractivity contribution in [3.8, 4) is 0 Å². The number of thiophene rings is 1. The second-order valence-corrected chi connectivity index (χ2v) is 8.83. The Morgan fingerprint density at radius 3 is 2.52 bits per heavy atom. The molecule has 1 saturated heterocycles. The van der Waals surface area contributed by atoms with E-state index in [1.165, 1.54) is 11.3 Å². The first-order valence-electron chi connectivity index (χ1n) is 9.68. The molecule has 2 aromatic rings. The molecule has 1 aromatic heterocycles. The van der Waals surface area contributed by atoms with Crippen LogP contribution in [0.3, 0.4) is 0 Å². The van der Waals surface area contributed by atoms with E-state index in [2.05, 4.69) is 0 Å². The van der Waals surface area contributed by atoms with Gasteiger partial charge in [0.25, 0.3) is 17.6 Å². The van der Waals surface area contributed by atoms with Crippen molar-refractivity contribution in [2.24, 2.45) is 0 Å². The van der Waals surface area contributed by atoms with E-state index in [1.54, 1.807) is 23.6 Å². The summed E-state index contributed by atoms with van der Waals surface area (Å²) in [7, 11) is 0. The van der Waals surface area contributed by atoms with Gasteiger partial charge in [-0.15, -0.1) is 11.3 Å². The highest BCUT2D eigenvalue weighted by Gasteiger charge is 2.31. The first-order chi connectivity index (χ1) is 14.0. The van der Waals surface area contributed by atoms with E-state index in [4.69, 9.17) is 0 Å². The van der Waals surface area contributed by atoms with Crippen LogP contribution in [0.5, 0.6) is 0 Å². The molecular formula is C21H24F2N2O2S2. The van der Waals surface area contributed by atoms with Gasteiger partial charge in [0.2, 0.25) is 0 Å². The molecule has 0 spiro atoms. The van der Waals surface area contributed by atoms with Crippen LogP contribution in [0.2, 0.25) is 0 Å². The van der Waals surface area contributed by atoms with Gasteiger partial charge in [0, 0.05) is 36.1 Å². The lowest BCUT2D eigenvalue weighted by molar-refractivity contribution is 0.0520. The highest BCUT2D eigenvalue weighted by molar-refractivity contribution is 7.99. The first kappa shape index (κ1) is 21.8. The summed E-state index contributed by atoms with van der Waals surface area (Å²) in [5.74, 6) is -2.73. The summed E-state index contributed by atoms with van der Waals surface area (Å²) in [6.45, 7) is 3.73. The third-order valence-electron chi connectivity index (χ3n) is 4.98. The van der Waals surface area contributed by atoms with Crippen LogP contribution in [0, 0.1) is 0 Å². The van der Waals surface area contributed by atoms with Gasteiger partial charge in [-0.05, 0) is 42.8 Å². The fourth-order valence-corrected chi connectivity index (χ4v) is 5.26. The van der Waals surface area contributed by atoms with Crippen molar-refractivity contribution in [2.45, 2.75) is 42.9 Å². The van der Waals surface area contributed by atoms with Crippen molar-refractivity contribution in [3.05, 3.63) is 52.2 Å². The average molecular weight is 439 g/mol. The second kappa shape index (κ2) is 10.2. The molecule has 2 amide bonds. The van der Waals surface area contributed by atoms with Gasteiger partial charge < -0.3 is 9.80 Å². The van der Waals surface area contributed by atoms with Gasteiger partial charge in [0.15, 0.2) is 0 Å². The molecule has 1 aliphatic heterocycles. The number of alkyl halides is 2. The number of likely N-dealkylation sites (tertiary alicyclic amines) is 1. The maximum Gasteiger partial charge on any atom is 0.288 e. The van der Waals surface area contributed by atoms with Gasteiger partial charge in [0.05, 0.1) is 0 Å². The van der Waals surface area contributed by atoms with Gasteiger partial charge >= 0.3 is 0 Å². The topological polar surface area (TPSA) is 40.6 Å². The lowest BCUT2D eigenvalue weighted by Crippen LogP contribution is -2.49. The number of carbonyl (C=O) groups is 2. The highest BCUT2D eigenvalue weighted by atomic mass is 32.2. The number of hydrogen-bond acceptors (Lipinski definition) is 4. The summed E-state index contributed by atoms with van der Waals surface area (Å²) in [5, 5.41) is 1.68. The van der Waals surface area contributed by atoms with Crippen LogP contribution in [0.1, 0.15) is 46.2 Å². The summed E-state index contributed by atoms with van der Waals surface area (Å²) in [6, 6.07) is 10.8. The fraction of sp³-hybridized carbons (Fsp3) is 0.429. The molecule has 1 aromatic carbocycles. The smallest absolute Gasteiger partial charge is 0.288 e.